The van der Waals surface area contributed by atoms with Crippen LogP contribution in [0.25, 0.3) is 0 Å². The second kappa shape index (κ2) is 7.78. The predicted octanol–water partition coefficient (Wildman–Crippen LogP) is 4.35. The lowest BCUT2D eigenvalue weighted by Crippen LogP contribution is -2.25. The Morgan fingerprint density at radius 2 is 1.82 bits per heavy atom. The molecule has 0 aliphatic heterocycles. The first-order chi connectivity index (χ1) is 8.15. The highest BCUT2D eigenvalue weighted by Gasteiger charge is 2.20. The van der Waals surface area contributed by atoms with E-state index in [1.165, 1.54) is 4.90 Å². The van der Waals surface area contributed by atoms with Gasteiger partial charge in [0.2, 0.25) is 0 Å². The van der Waals surface area contributed by atoms with Gasteiger partial charge in [0.1, 0.15) is 0 Å². The minimum atomic E-state index is -0.166. The number of aliphatic hydroxyl groups excluding tert-OH is 1. The molecule has 3 atom stereocenters. The molecule has 0 spiro atoms. The molecule has 96 valence electrons. The van der Waals surface area contributed by atoms with E-state index < -0.39 is 0 Å². The van der Waals surface area contributed by atoms with Gasteiger partial charge in [0.15, 0.2) is 0 Å². The Morgan fingerprint density at radius 3 is 2.41 bits per heavy atom. The average Bonchev–Trinajstić information content (AvgIpc) is 2.36. The zero-order valence-electron chi connectivity index (χ0n) is 11.1. The van der Waals surface area contributed by atoms with Crippen molar-refractivity contribution in [3.05, 3.63) is 30.3 Å². The quantitative estimate of drug-likeness (QED) is 0.728. The van der Waals surface area contributed by atoms with Crippen molar-refractivity contribution in [1.82, 2.24) is 0 Å². The SMILES string of the molecule is CCCC[C@H](O)[C@@H](C)[C@@H](C)Sc1ccccc1. The van der Waals surface area contributed by atoms with Gasteiger partial charge in [-0.1, -0.05) is 51.8 Å². The normalized spacial score (nSPS) is 16.5. The van der Waals surface area contributed by atoms with Gasteiger partial charge in [-0.3, -0.25) is 0 Å². The van der Waals surface area contributed by atoms with Crippen molar-refractivity contribution in [2.24, 2.45) is 5.92 Å². The zero-order valence-corrected chi connectivity index (χ0v) is 11.9. The monoisotopic (exact) mass is 252 g/mol. The molecular weight excluding hydrogens is 228 g/mol. The molecule has 0 amide bonds. The number of thioether (sulfide) groups is 1. The van der Waals surface area contributed by atoms with Crippen molar-refractivity contribution in [2.45, 2.75) is 56.3 Å². The first kappa shape index (κ1) is 14.6. The molecule has 0 saturated heterocycles. The van der Waals surface area contributed by atoms with Gasteiger partial charge in [0.25, 0.3) is 0 Å². The van der Waals surface area contributed by atoms with E-state index >= 15 is 0 Å². The molecule has 1 aromatic rings. The van der Waals surface area contributed by atoms with E-state index in [1.54, 1.807) is 0 Å². The van der Waals surface area contributed by atoms with Crippen LogP contribution >= 0.6 is 11.8 Å². The van der Waals surface area contributed by atoms with Gasteiger partial charge in [-0.15, -0.1) is 11.8 Å². The van der Waals surface area contributed by atoms with Gasteiger partial charge in [-0.05, 0) is 24.5 Å². The summed E-state index contributed by atoms with van der Waals surface area (Å²) in [6.45, 7) is 6.53. The van der Waals surface area contributed by atoms with Crippen LogP contribution in [0, 0.1) is 5.92 Å². The predicted molar refractivity (Wildman–Crippen MR) is 76.5 cm³/mol. The lowest BCUT2D eigenvalue weighted by atomic mass is 9.97. The molecule has 1 rings (SSSR count). The van der Waals surface area contributed by atoms with E-state index in [-0.39, 0.29) is 6.10 Å². The summed E-state index contributed by atoms with van der Waals surface area (Å²) in [7, 11) is 0. The number of aliphatic hydroxyl groups is 1. The summed E-state index contributed by atoms with van der Waals surface area (Å²) < 4.78 is 0. The Morgan fingerprint density at radius 1 is 1.18 bits per heavy atom. The zero-order chi connectivity index (χ0) is 12.7. The van der Waals surface area contributed by atoms with Crippen molar-refractivity contribution in [3.8, 4) is 0 Å². The van der Waals surface area contributed by atoms with Crippen LogP contribution < -0.4 is 0 Å². The second-order valence-electron chi connectivity index (χ2n) is 4.70. The highest BCUT2D eigenvalue weighted by atomic mass is 32.2. The third-order valence-corrected chi connectivity index (χ3v) is 4.61. The molecular formula is C15H24OS. The van der Waals surface area contributed by atoms with Crippen LogP contribution in [0.2, 0.25) is 0 Å². The highest BCUT2D eigenvalue weighted by Crippen LogP contribution is 2.30. The molecule has 17 heavy (non-hydrogen) atoms. The summed E-state index contributed by atoms with van der Waals surface area (Å²) in [5.41, 5.74) is 0. The third-order valence-electron chi connectivity index (χ3n) is 3.27. The number of benzene rings is 1. The summed E-state index contributed by atoms with van der Waals surface area (Å²) in [6, 6.07) is 10.4. The molecule has 0 aliphatic carbocycles. The first-order valence-corrected chi connectivity index (χ1v) is 7.43. The maximum absolute atomic E-state index is 10.1. The number of hydrogen-bond acceptors (Lipinski definition) is 2. The van der Waals surface area contributed by atoms with E-state index in [1.807, 2.05) is 17.8 Å². The van der Waals surface area contributed by atoms with Crippen LogP contribution in [-0.4, -0.2) is 16.5 Å². The minimum absolute atomic E-state index is 0.166. The second-order valence-corrected chi connectivity index (χ2v) is 6.16. The molecule has 0 fully saturated rings. The van der Waals surface area contributed by atoms with Crippen molar-refractivity contribution < 1.29 is 5.11 Å². The molecule has 1 N–H and O–H groups in total. The van der Waals surface area contributed by atoms with E-state index in [9.17, 15) is 5.11 Å². The Balaban J connectivity index is 2.43. The molecule has 1 aromatic carbocycles. The van der Waals surface area contributed by atoms with Gasteiger partial charge >= 0.3 is 0 Å². The van der Waals surface area contributed by atoms with E-state index in [0.29, 0.717) is 11.2 Å². The Hall–Kier alpha value is -0.470. The number of hydrogen-bond donors (Lipinski definition) is 1. The molecule has 0 radical (unpaired) electrons. The summed E-state index contributed by atoms with van der Waals surface area (Å²) >= 11 is 1.85. The first-order valence-electron chi connectivity index (χ1n) is 6.55. The maximum Gasteiger partial charge on any atom is 0.0576 e. The van der Waals surface area contributed by atoms with Crippen molar-refractivity contribution in [3.63, 3.8) is 0 Å². The summed E-state index contributed by atoms with van der Waals surface area (Å²) in [5, 5.41) is 10.5. The third kappa shape index (κ3) is 5.13. The molecule has 1 nitrogen and oxygen atoms in total. The molecule has 0 saturated carbocycles. The molecule has 0 heterocycles. The topological polar surface area (TPSA) is 20.2 Å². The van der Waals surface area contributed by atoms with Crippen LogP contribution in [0.5, 0.6) is 0 Å². The van der Waals surface area contributed by atoms with E-state index in [4.69, 9.17) is 0 Å². The number of rotatable bonds is 7. The summed E-state index contributed by atoms with van der Waals surface area (Å²) in [6.07, 6.45) is 3.04. The lowest BCUT2D eigenvalue weighted by Gasteiger charge is -2.24. The Bertz CT molecular complexity index is 299. The highest BCUT2D eigenvalue weighted by molar-refractivity contribution is 8.00. The largest absolute Gasteiger partial charge is 0.393 e. The van der Waals surface area contributed by atoms with Gasteiger partial charge in [-0.25, -0.2) is 0 Å². The van der Waals surface area contributed by atoms with Crippen LogP contribution in [0.15, 0.2) is 35.2 Å². The fraction of sp³-hybridized carbons (Fsp3) is 0.600. The van der Waals surface area contributed by atoms with Crippen molar-refractivity contribution in [1.29, 1.82) is 0 Å². The van der Waals surface area contributed by atoms with Crippen LogP contribution in [0.1, 0.15) is 40.0 Å². The van der Waals surface area contributed by atoms with Crippen molar-refractivity contribution >= 4 is 11.8 Å². The fourth-order valence-electron chi connectivity index (χ4n) is 1.81. The molecule has 0 aliphatic rings. The summed E-state index contributed by atoms with van der Waals surface area (Å²) in [5.74, 6) is 0.340. The van der Waals surface area contributed by atoms with Gasteiger partial charge in [-0.2, -0.15) is 0 Å². The minimum Gasteiger partial charge on any atom is -0.393 e. The van der Waals surface area contributed by atoms with E-state index in [0.717, 1.165) is 19.3 Å². The van der Waals surface area contributed by atoms with Gasteiger partial charge < -0.3 is 5.11 Å². The standard InChI is InChI=1S/C15H24OS/c1-4-5-11-15(16)12(2)13(3)17-14-9-7-6-8-10-14/h6-10,12-13,15-16H,4-5,11H2,1-3H3/t12-,13+,15-/m0/s1. The Kier molecular flexibility index (Phi) is 6.68. The van der Waals surface area contributed by atoms with Crippen LogP contribution in [0.4, 0.5) is 0 Å². The average molecular weight is 252 g/mol. The molecule has 2 heteroatoms. The number of unbranched alkanes of at least 4 members (excludes halogenated alkanes) is 1. The van der Waals surface area contributed by atoms with Crippen LogP contribution in [0.3, 0.4) is 0 Å². The Labute approximate surface area is 110 Å². The summed E-state index contributed by atoms with van der Waals surface area (Å²) in [4.78, 5) is 1.29. The van der Waals surface area contributed by atoms with Crippen LogP contribution in [-0.2, 0) is 0 Å². The smallest absolute Gasteiger partial charge is 0.0576 e. The maximum atomic E-state index is 10.1. The lowest BCUT2D eigenvalue weighted by molar-refractivity contribution is 0.106. The van der Waals surface area contributed by atoms with Gasteiger partial charge in [0.05, 0.1) is 6.10 Å². The molecule has 0 unspecified atom stereocenters. The molecule has 0 bridgehead atoms. The molecule has 0 aromatic heterocycles. The van der Waals surface area contributed by atoms with E-state index in [2.05, 4.69) is 45.0 Å². The van der Waals surface area contributed by atoms with Gasteiger partial charge in [0, 0.05) is 10.1 Å². The van der Waals surface area contributed by atoms with Crippen molar-refractivity contribution in [2.75, 3.05) is 0 Å². The fourth-order valence-corrected chi connectivity index (χ4v) is 2.95.